The van der Waals surface area contributed by atoms with E-state index in [9.17, 15) is 4.79 Å². The molecule has 0 saturated carbocycles. The highest BCUT2D eigenvalue weighted by atomic mass is 16.6. The van der Waals surface area contributed by atoms with E-state index in [1.165, 1.54) is 4.80 Å². The second kappa shape index (κ2) is 8.24. The van der Waals surface area contributed by atoms with E-state index in [4.69, 9.17) is 9.47 Å². The van der Waals surface area contributed by atoms with Crippen LogP contribution in [0.2, 0.25) is 0 Å². The van der Waals surface area contributed by atoms with E-state index in [0.717, 1.165) is 22.4 Å². The second-order valence-electron chi connectivity index (χ2n) is 5.89. The number of aromatic nitrogens is 4. The minimum atomic E-state index is -0.439. The normalized spacial score (nSPS) is 10.5. The predicted molar refractivity (Wildman–Crippen MR) is 95.6 cm³/mol. The van der Waals surface area contributed by atoms with Crippen LogP contribution in [-0.2, 0) is 16.1 Å². The molecule has 3 rings (SSSR count). The Morgan fingerprint density at radius 1 is 0.962 bits per heavy atom. The molecule has 134 valence electrons. The summed E-state index contributed by atoms with van der Waals surface area (Å²) in [5.74, 6) is 0.776. The number of nitrogens with zero attached hydrogens (tertiary/aromatic N) is 4. The molecule has 0 bridgehead atoms. The fourth-order valence-electron chi connectivity index (χ4n) is 2.24. The van der Waals surface area contributed by atoms with Crippen LogP contribution in [0.15, 0.2) is 48.5 Å². The number of hydrogen-bond donors (Lipinski definition) is 0. The molecule has 0 N–H and O–H groups in total. The average molecular weight is 352 g/mol. The summed E-state index contributed by atoms with van der Waals surface area (Å²) in [4.78, 5) is 13.1. The van der Waals surface area contributed by atoms with Gasteiger partial charge in [-0.3, -0.25) is 0 Å². The van der Waals surface area contributed by atoms with Crippen LogP contribution in [0.4, 0.5) is 0 Å². The number of esters is 1. The summed E-state index contributed by atoms with van der Waals surface area (Å²) in [6, 6.07) is 15.4. The first kappa shape index (κ1) is 17.6. The number of hydrogen-bond acceptors (Lipinski definition) is 6. The van der Waals surface area contributed by atoms with Gasteiger partial charge < -0.3 is 9.47 Å². The second-order valence-corrected chi connectivity index (χ2v) is 5.89. The molecule has 0 radical (unpaired) electrons. The Morgan fingerprint density at radius 3 is 2.31 bits per heavy atom. The lowest BCUT2D eigenvalue weighted by Gasteiger charge is -2.07. The van der Waals surface area contributed by atoms with Gasteiger partial charge in [0.15, 0.2) is 6.54 Å². The van der Waals surface area contributed by atoms with Crippen molar-refractivity contribution in [2.24, 2.45) is 0 Å². The van der Waals surface area contributed by atoms with E-state index >= 15 is 0 Å². The Morgan fingerprint density at radius 2 is 1.62 bits per heavy atom. The van der Waals surface area contributed by atoms with Crippen molar-refractivity contribution >= 4 is 5.97 Å². The minimum Gasteiger partial charge on any atom is -0.490 e. The number of carbonyl (C=O) groups is 1. The molecule has 0 saturated heterocycles. The highest BCUT2D eigenvalue weighted by Crippen LogP contribution is 2.14. The average Bonchev–Trinajstić information content (AvgIpc) is 3.09. The first-order chi connectivity index (χ1) is 12.6. The van der Waals surface area contributed by atoms with E-state index in [0.29, 0.717) is 5.82 Å². The maximum absolute atomic E-state index is 11.9. The van der Waals surface area contributed by atoms with Crippen LogP contribution in [-0.4, -0.2) is 39.4 Å². The molecule has 0 aliphatic carbocycles. The molecule has 0 fully saturated rings. The van der Waals surface area contributed by atoms with Gasteiger partial charge in [0, 0.05) is 5.56 Å². The Bertz CT molecular complexity index is 857. The maximum atomic E-state index is 11.9. The van der Waals surface area contributed by atoms with Gasteiger partial charge in [-0.15, -0.1) is 10.2 Å². The quantitative estimate of drug-likeness (QED) is 0.480. The highest BCUT2D eigenvalue weighted by Gasteiger charge is 2.10. The zero-order chi connectivity index (χ0) is 18.4. The molecule has 2 aromatic carbocycles. The van der Waals surface area contributed by atoms with E-state index < -0.39 is 5.97 Å². The molecule has 0 atom stereocenters. The van der Waals surface area contributed by atoms with Gasteiger partial charge in [-0.25, -0.2) is 4.79 Å². The fraction of sp³-hybridized carbons (Fsp3) is 0.263. The van der Waals surface area contributed by atoms with Crippen LogP contribution < -0.4 is 4.74 Å². The van der Waals surface area contributed by atoms with Gasteiger partial charge in [-0.05, 0) is 31.2 Å². The summed E-state index contributed by atoms with van der Waals surface area (Å²) in [5, 5.41) is 12.0. The number of rotatable bonds is 7. The molecule has 0 aliphatic heterocycles. The molecular weight excluding hydrogens is 332 g/mol. The highest BCUT2D eigenvalue weighted by molar-refractivity contribution is 5.68. The van der Waals surface area contributed by atoms with Crippen molar-refractivity contribution in [3.05, 3.63) is 59.7 Å². The molecule has 0 spiro atoms. The number of tetrazole rings is 1. The molecule has 0 aliphatic rings. The van der Waals surface area contributed by atoms with Crippen molar-refractivity contribution in [1.82, 2.24) is 20.2 Å². The molecule has 7 heteroatoms. The molecule has 0 amide bonds. The molecule has 7 nitrogen and oxygen atoms in total. The van der Waals surface area contributed by atoms with Gasteiger partial charge in [0.05, 0.1) is 0 Å². The van der Waals surface area contributed by atoms with Crippen molar-refractivity contribution in [2.75, 3.05) is 13.2 Å². The summed E-state index contributed by atoms with van der Waals surface area (Å²) in [5.41, 5.74) is 3.16. The predicted octanol–water partition coefficient (Wildman–Crippen LogP) is 2.58. The number of aryl methyl sites for hydroxylation is 2. The summed E-state index contributed by atoms with van der Waals surface area (Å²) in [6.45, 7) is 4.37. The Labute approximate surface area is 151 Å². The smallest absolute Gasteiger partial charge is 0.329 e. The summed E-state index contributed by atoms with van der Waals surface area (Å²) >= 11 is 0. The van der Waals surface area contributed by atoms with Gasteiger partial charge in [-0.2, -0.15) is 4.80 Å². The van der Waals surface area contributed by atoms with Gasteiger partial charge >= 0.3 is 5.97 Å². The van der Waals surface area contributed by atoms with Gasteiger partial charge in [-0.1, -0.05) is 47.5 Å². The van der Waals surface area contributed by atoms with Crippen LogP contribution in [0.3, 0.4) is 0 Å². The number of benzene rings is 2. The third kappa shape index (κ3) is 4.89. The Hall–Kier alpha value is -3.22. The zero-order valence-corrected chi connectivity index (χ0v) is 14.8. The summed E-state index contributed by atoms with van der Waals surface area (Å²) < 4.78 is 10.6. The third-order valence-corrected chi connectivity index (χ3v) is 3.67. The van der Waals surface area contributed by atoms with E-state index in [1.807, 2.05) is 62.4 Å². The lowest BCUT2D eigenvalue weighted by atomic mass is 10.1. The van der Waals surface area contributed by atoms with Crippen molar-refractivity contribution in [3.8, 4) is 17.1 Å². The van der Waals surface area contributed by atoms with Crippen LogP contribution in [0, 0.1) is 13.8 Å². The maximum Gasteiger partial charge on any atom is 0.329 e. The fourth-order valence-corrected chi connectivity index (χ4v) is 2.24. The van der Waals surface area contributed by atoms with Crippen LogP contribution in [0.1, 0.15) is 11.1 Å². The van der Waals surface area contributed by atoms with Gasteiger partial charge in [0.1, 0.15) is 19.0 Å². The monoisotopic (exact) mass is 352 g/mol. The lowest BCUT2D eigenvalue weighted by Crippen LogP contribution is -2.18. The van der Waals surface area contributed by atoms with E-state index in [2.05, 4.69) is 15.4 Å². The van der Waals surface area contributed by atoms with Crippen LogP contribution in [0.5, 0.6) is 5.75 Å². The molecule has 3 aromatic rings. The van der Waals surface area contributed by atoms with Crippen molar-refractivity contribution < 1.29 is 14.3 Å². The van der Waals surface area contributed by atoms with Crippen molar-refractivity contribution in [2.45, 2.75) is 20.4 Å². The largest absolute Gasteiger partial charge is 0.490 e. The summed E-state index contributed by atoms with van der Waals surface area (Å²) in [7, 11) is 0. The third-order valence-electron chi connectivity index (χ3n) is 3.67. The van der Waals surface area contributed by atoms with Gasteiger partial charge in [0.2, 0.25) is 5.82 Å². The minimum absolute atomic E-state index is 0.0939. The number of ether oxygens (including phenoxy) is 2. The molecule has 0 unspecified atom stereocenters. The first-order valence-electron chi connectivity index (χ1n) is 8.30. The first-order valence-corrected chi connectivity index (χ1v) is 8.30. The molecular formula is C19H20N4O3. The van der Waals surface area contributed by atoms with E-state index in [-0.39, 0.29) is 19.8 Å². The Kier molecular flexibility index (Phi) is 5.58. The van der Waals surface area contributed by atoms with Crippen molar-refractivity contribution in [3.63, 3.8) is 0 Å². The standard InChI is InChI=1S/C19H20N4O3/c1-14-3-7-16(8-4-14)19-20-22-23(21-19)13-18(24)26-12-11-25-17-9-5-15(2)6-10-17/h3-10H,11-13H2,1-2H3. The van der Waals surface area contributed by atoms with E-state index in [1.54, 1.807) is 0 Å². The topological polar surface area (TPSA) is 79.1 Å². The molecule has 26 heavy (non-hydrogen) atoms. The number of carbonyl (C=O) groups excluding carboxylic acids is 1. The molecule has 1 aromatic heterocycles. The molecule has 1 heterocycles. The SMILES string of the molecule is Cc1ccc(OCCOC(=O)Cn2nnc(-c3ccc(C)cc3)n2)cc1. The van der Waals surface area contributed by atoms with Crippen molar-refractivity contribution in [1.29, 1.82) is 0 Å². The van der Waals surface area contributed by atoms with Crippen LogP contribution in [0.25, 0.3) is 11.4 Å². The Balaban J connectivity index is 1.43. The zero-order valence-electron chi connectivity index (χ0n) is 14.8. The lowest BCUT2D eigenvalue weighted by molar-refractivity contribution is -0.145. The summed E-state index contributed by atoms with van der Waals surface area (Å²) in [6.07, 6.45) is 0. The van der Waals surface area contributed by atoms with Crippen LogP contribution >= 0.6 is 0 Å². The van der Waals surface area contributed by atoms with Gasteiger partial charge in [0.25, 0.3) is 0 Å².